The molecule has 0 spiro atoms. The molecule has 0 fully saturated rings. The summed E-state index contributed by atoms with van der Waals surface area (Å²) in [6.07, 6.45) is 2.33. The van der Waals surface area contributed by atoms with Crippen molar-refractivity contribution in [2.45, 2.75) is 26.2 Å². The third-order valence-corrected chi connectivity index (χ3v) is 2.29. The van der Waals surface area contributed by atoms with Gasteiger partial charge in [-0.1, -0.05) is 13.3 Å². The first-order chi connectivity index (χ1) is 5.70. The SMILES string of the molecule is CCCCSC(=N)CC(=O)OC.Cl. The molecule has 0 rings (SSSR count). The Labute approximate surface area is 89.5 Å². The summed E-state index contributed by atoms with van der Waals surface area (Å²) in [6, 6.07) is 0. The predicted molar refractivity (Wildman–Crippen MR) is 59.0 cm³/mol. The zero-order valence-corrected chi connectivity index (χ0v) is 9.59. The molecule has 0 atom stereocenters. The van der Waals surface area contributed by atoms with Gasteiger partial charge in [-0.3, -0.25) is 10.2 Å². The van der Waals surface area contributed by atoms with E-state index < -0.39 is 0 Å². The molecule has 1 N–H and O–H groups in total. The Balaban J connectivity index is 0. The number of rotatable bonds is 5. The van der Waals surface area contributed by atoms with E-state index >= 15 is 0 Å². The van der Waals surface area contributed by atoms with Gasteiger partial charge in [0.05, 0.1) is 18.6 Å². The highest BCUT2D eigenvalue weighted by molar-refractivity contribution is 8.13. The van der Waals surface area contributed by atoms with Gasteiger partial charge in [0, 0.05) is 0 Å². The van der Waals surface area contributed by atoms with Crippen molar-refractivity contribution in [3.63, 3.8) is 0 Å². The molecule has 5 heteroatoms. The van der Waals surface area contributed by atoms with Crippen LogP contribution in [0.5, 0.6) is 0 Å². The summed E-state index contributed by atoms with van der Waals surface area (Å²) >= 11 is 1.43. The van der Waals surface area contributed by atoms with Gasteiger partial charge in [-0.25, -0.2) is 0 Å². The number of esters is 1. The first kappa shape index (κ1) is 15.3. The zero-order valence-electron chi connectivity index (χ0n) is 7.96. The second kappa shape index (κ2) is 9.86. The summed E-state index contributed by atoms with van der Waals surface area (Å²) in [4.78, 5) is 10.7. The van der Waals surface area contributed by atoms with Crippen molar-refractivity contribution in [1.82, 2.24) is 0 Å². The Hall–Kier alpha value is -0.220. The molecule has 0 aliphatic rings. The van der Waals surface area contributed by atoms with Gasteiger partial charge < -0.3 is 4.74 Å². The summed E-state index contributed by atoms with van der Waals surface area (Å²) < 4.78 is 4.43. The van der Waals surface area contributed by atoms with E-state index in [0.29, 0.717) is 5.04 Å². The molecule has 0 bridgehead atoms. The summed E-state index contributed by atoms with van der Waals surface area (Å²) in [5, 5.41) is 7.76. The van der Waals surface area contributed by atoms with Crippen LogP contribution in [0.4, 0.5) is 0 Å². The maximum Gasteiger partial charge on any atom is 0.312 e. The first-order valence-corrected chi connectivity index (χ1v) is 4.96. The molecule has 0 amide bonds. The third kappa shape index (κ3) is 9.70. The lowest BCUT2D eigenvalue weighted by molar-refractivity contribution is -0.139. The van der Waals surface area contributed by atoms with Crippen molar-refractivity contribution in [3.05, 3.63) is 0 Å². The van der Waals surface area contributed by atoms with E-state index in [9.17, 15) is 4.79 Å². The molecule has 0 aromatic carbocycles. The van der Waals surface area contributed by atoms with E-state index in [0.717, 1.165) is 18.6 Å². The van der Waals surface area contributed by atoms with Crippen molar-refractivity contribution < 1.29 is 9.53 Å². The zero-order chi connectivity index (χ0) is 9.40. The van der Waals surface area contributed by atoms with Gasteiger partial charge in [-0.15, -0.1) is 24.2 Å². The quantitative estimate of drug-likeness (QED) is 0.339. The molecule has 0 radical (unpaired) electrons. The van der Waals surface area contributed by atoms with Crippen LogP contribution >= 0.6 is 24.2 Å². The normalized spacial score (nSPS) is 8.77. The van der Waals surface area contributed by atoms with E-state index in [2.05, 4.69) is 11.7 Å². The molecule has 78 valence electrons. The van der Waals surface area contributed by atoms with Crippen molar-refractivity contribution >= 4 is 35.2 Å². The highest BCUT2D eigenvalue weighted by Gasteiger charge is 2.05. The molecule has 3 nitrogen and oxygen atoms in total. The number of hydrogen-bond acceptors (Lipinski definition) is 4. The number of nitrogens with one attached hydrogen (secondary N) is 1. The lowest BCUT2D eigenvalue weighted by atomic mass is 10.4. The van der Waals surface area contributed by atoms with Gasteiger partial charge in [-0.05, 0) is 12.2 Å². The Morgan fingerprint density at radius 3 is 2.62 bits per heavy atom. The van der Waals surface area contributed by atoms with Crippen molar-refractivity contribution in [2.75, 3.05) is 12.9 Å². The molecule has 13 heavy (non-hydrogen) atoms. The van der Waals surface area contributed by atoms with E-state index in [1.165, 1.54) is 18.9 Å². The number of halogens is 1. The van der Waals surface area contributed by atoms with Crippen LogP contribution in [-0.4, -0.2) is 23.9 Å². The van der Waals surface area contributed by atoms with Gasteiger partial charge in [0.1, 0.15) is 0 Å². The highest BCUT2D eigenvalue weighted by Crippen LogP contribution is 2.09. The van der Waals surface area contributed by atoms with E-state index in [-0.39, 0.29) is 24.8 Å². The monoisotopic (exact) mass is 225 g/mol. The fourth-order valence-electron chi connectivity index (χ4n) is 0.594. The van der Waals surface area contributed by atoms with Crippen molar-refractivity contribution in [2.24, 2.45) is 0 Å². The molecule has 0 saturated carbocycles. The molecule has 0 saturated heterocycles. The Kier molecular flexibility index (Phi) is 11.6. The smallest absolute Gasteiger partial charge is 0.312 e. The van der Waals surface area contributed by atoms with Gasteiger partial charge in [-0.2, -0.15) is 0 Å². The number of ether oxygens (including phenoxy) is 1. The molecular formula is C8H16ClNO2S. The van der Waals surface area contributed by atoms with Gasteiger partial charge >= 0.3 is 5.97 Å². The minimum Gasteiger partial charge on any atom is -0.469 e. The Bertz CT molecular complexity index is 164. The van der Waals surface area contributed by atoms with Crippen molar-refractivity contribution in [1.29, 1.82) is 5.41 Å². The molecule has 0 aliphatic carbocycles. The van der Waals surface area contributed by atoms with E-state index in [4.69, 9.17) is 5.41 Å². The predicted octanol–water partition coefficient (Wildman–Crippen LogP) is 2.48. The van der Waals surface area contributed by atoms with E-state index in [1.807, 2.05) is 0 Å². The third-order valence-electron chi connectivity index (χ3n) is 1.31. The second-order valence-electron chi connectivity index (χ2n) is 2.38. The van der Waals surface area contributed by atoms with Crippen LogP contribution in [0.3, 0.4) is 0 Å². The summed E-state index contributed by atoms with van der Waals surface area (Å²) in [5.41, 5.74) is 0. The average Bonchev–Trinajstić information content (AvgIpc) is 2.05. The summed E-state index contributed by atoms with van der Waals surface area (Å²) in [6.45, 7) is 2.10. The van der Waals surface area contributed by atoms with Crippen LogP contribution in [0.1, 0.15) is 26.2 Å². The van der Waals surface area contributed by atoms with Gasteiger partial charge in [0.15, 0.2) is 0 Å². The first-order valence-electron chi connectivity index (χ1n) is 3.97. The standard InChI is InChI=1S/C8H15NO2S.ClH/c1-3-4-5-12-7(9)6-8(10)11-2;/h9H,3-6H2,1-2H3;1H. The Morgan fingerprint density at radius 1 is 1.54 bits per heavy atom. The second-order valence-corrected chi connectivity index (χ2v) is 3.57. The number of carbonyl (C=O) groups excluding carboxylic acids is 1. The van der Waals surface area contributed by atoms with Gasteiger partial charge in [0.2, 0.25) is 0 Å². The Morgan fingerprint density at radius 2 is 2.15 bits per heavy atom. The number of methoxy groups -OCH3 is 1. The van der Waals surface area contributed by atoms with E-state index in [1.54, 1.807) is 0 Å². The highest BCUT2D eigenvalue weighted by atomic mass is 35.5. The fraction of sp³-hybridized carbons (Fsp3) is 0.750. The van der Waals surface area contributed by atoms with Crippen LogP contribution in [0.15, 0.2) is 0 Å². The number of unbranched alkanes of at least 4 members (excludes halogenated alkanes) is 1. The molecule has 0 aliphatic heterocycles. The summed E-state index contributed by atoms with van der Waals surface area (Å²) in [7, 11) is 1.34. The number of hydrogen-bond donors (Lipinski definition) is 1. The van der Waals surface area contributed by atoms with Crippen LogP contribution in [0.25, 0.3) is 0 Å². The molecule has 0 heterocycles. The topological polar surface area (TPSA) is 50.2 Å². The van der Waals surface area contributed by atoms with Crippen LogP contribution < -0.4 is 0 Å². The molecular weight excluding hydrogens is 210 g/mol. The molecule has 0 aromatic rings. The number of carbonyl (C=O) groups is 1. The van der Waals surface area contributed by atoms with Gasteiger partial charge in [0.25, 0.3) is 0 Å². The largest absolute Gasteiger partial charge is 0.469 e. The lowest BCUT2D eigenvalue weighted by Crippen LogP contribution is -2.05. The number of thioether (sulfide) groups is 1. The van der Waals surface area contributed by atoms with Crippen LogP contribution in [0.2, 0.25) is 0 Å². The van der Waals surface area contributed by atoms with Crippen LogP contribution in [0, 0.1) is 5.41 Å². The minimum atomic E-state index is -0.330. The summed E-state index contributed by atoms with van der Waals surface area (Å²) in [5.74, 6) is 0.593. The van der Waals surface area contributed by atoms with Crippen molar-refractivity contribution in [3.8, 4) is 0 Å². The maximum absolute atomic E-state index is 10.7. The lowest BCUT2D eigenvalue weighted by Gasteiger charge is -2.00. The van der Waals surface area contributed by atoms with Crippen LogP contribution in [-0.2, 0) is 9.53 Å². The molecule has 0 aromatic heterocycles. The fourth-order valence-corrected chi connectivity index (χ4v) is 1.49. The average molecular weight is 226 g/mol. The molecule has 0 unspecified atom stereocenters. The maximum atomic E-state index is 10.7. The minimum absolute atomic E-state index is 0.